The van der Waals surface area contributed by atoms with Crippen molar-refractivity contribution in [2.45, 2.75) is 6.04 Å². The Morgan fingerprint density at radius 1 is 1.54 bits per heavy atom. The largest absolute Gasteiger partial charge is 0.508 e. The highest BCUT2D eigenvalue weighted by molar-refractivity contribution is 5.78. The fraction of sp³-hybridized carbons (Fsp3) is 0.222. The summed E-state index contributed by atoms with van der Waals surface area (Å²) in [6, 6.07) is 5.47. The molecular formula is C9H11NO3. The van der Waals surface area contributed by atoms with Gasteiger partial charge >= 0.3 is 5.97 Å². The van der Waals surface area contributed by atoms with Gasteiger partial charge in [0.05, 0.1) is 7.11 Å². The van der Waals surface area contributed by atoms with Crippen LogP contribution in [-0.2, 0) is 9.53 Å². The Balaban J connectivity index is 2.95. The van der Waals surface area contributed by atoms with Gasteiger partial charge in [-0.1, -0.05) is 18.2 Å². The Morgan fingerprint density at radius 3 is 2.69 bits per heavy atom. The first-order valence-corrected chi connectivity index (χ1v) is 3.78. The maximum absolute atomic E-state index is 11.0. The first kappa shape index (κ1) is 9.54. The maximum Gasteiger partial charge on any atom is 0.327 e. The molecule has 0 bridgehead atoms. The lowest BCUT2D eigenvalue weighted by Crippen LogP contribution is -2.22. The molecule has 70 valence electrons. The van der Waals surface area contributed by atoms with E-state index < -0.39 is 12.0 Å². The zero-order chi connectivity index (χ0) is 9.84. The molecule has 1 aromatic carbocycles. The average molecular weight is 181 g/mol. The summed E-state index contributed by atoms with van der Waals surface area (Å²) in [7, 11) is 1.25. The van der Waals surface area contributed by atoms with Crippen molar-refractivity contribution < 1.29 is 14.6 Å². The van der Waals surface area contributed by atoms with Gasteiger partial charge in [0.1, 0.15) is 11.8 Å². The van der Waals surface area contributed by atoms with Gasteiger partial charge in [0, 0.05) is 5.56 Å². The second-order valence-electron chi connectivity index (χ2n) is 2.56. The molecule has 0 amide bonds. The third-order valence-corrected chi connectivity index (χ3v) is 1.73. The van der Waals surface area contributed by atoms with Crippen LogP contribution in [0.3, 0.4) is 0 Å². The molecule has 0 unspecified atom stereocenters. The van der Waals surface area contributed by atoms with Gasteiger partial charge in [-0.25, -0.2) is 0 Å². The van der Waals surface area contributed by atoms with Crippen molar-refractivity contribution in [2.75, 3.05) is 7.11 Å². The summed E-state index contributed by atoms with van der Waals surface area (Å²) in [4.78, 5) is 11.0. The number of carbonyl (C=O) groups excluding carboxylic acids is 1. The van der Waals surface area contributed by atoms with Crippen LogP contribution in [0.4, 0.5) is 0 Å². The summed E-state index contributed by atoms with van der Waals surface area (Å²) in [5.74, 6) is -0.568. The van der Waals surface area contributed by atoms with Crippen LogP contribution in [0.2, 0.25) is 0 Å². The van der Waals surface area contributed by atoms with E-state index in [4.69, 9.17) is 5.73 Å². The normalized spacial score (nSPS) is 12.2. The molecule has 4 nitrogen and oxygen atoms in total. The number of methoxy groups -OCH3 is 1. The van der Waals surface area contributed by atoms with Gasteiger partial charge in [-0.3, -0.25) is 4.79 Å². The molecule has 0 radical (unpaired) electrons. The van der Waals surface area contributed by atoms with E-state index in [1.54, 1.807) is 18.2 Å². The number of ether oxygens (including phenoxy) is 1. The molecule has 1 aromatic rings. The lowest BCUT2D eigenvalue weighted by Gasteiger charge is -2.10. The summed E-state index contributed by atoms with van der Waals surface area (Å²) in [6.45, 7) is 0. The van der Waals surface area contributed by atoms with Gasteiger partial charge in [-0.15, -0.1) is 0 Å². The van der Waals surface area contributed by atoms with Gasteiger partial charge in [0.15, 0.2) is 0 Å². The lowest BCUT2D eigenvalue weighted by atomic mass is 10.1. The van der Waals surface area contributed by atoms with Crippen molar-refractivity contribution in [3.63, 3.8) is 0 Å². The molecule has 0 aliphatic rings. The number of aromatic hydroxyl groups is 1. The molecule has 0 aliphatic heterocycles. The van der Waals surface area contributed by atoms with Crippen molar-refractivity contribution >= 4 is 5.97 Å². The molecule has 1 atom stereocenters. The standard InChI is InChI=1S/C9H11NO3/c1-13-9(12)8(10)6-4-2-3-5-7(6)11/h2-5,8,11H,10H2,1H3/t8-/m0/s1. The number of para-hydroxylation sites is 1. The Hall–Kier alpha value is -1.55. The van der Waals surface area contributed by atoms with Crippen molar-refractivity contribution in [3.05, 3.63) is 29.8 Å². The molecule has 3 N–H and O–H groups in total. The highest BCUT2D eigenvalue weighted by Crippen LogP contribution is 2.22. The van der Waals surface area contributed by atoms with Crippen LogP contribution in [-0.4, -0.2) is 18.2 Å². The molecule has 4 heteroatoms. The Labute approximate surface area is 75.9 Å². The van der Waals surface area contributed by atoms with E-state index in [0.717, 1.165) is 0 Å². The van der Waals surface area contributed by atoms with E-state index in [0.29, 0.717) is 5.56 Å². The van der Waals surface area contributed by atoms with E-state index in [1.807, 2.05) is 0 Å². The number of rotatable bonds is 2. The van der Waals surface area contributed by atoms with Crippen LogP contribution in [0.5, 0.6) is 5.75 Å². The molecule has 0 fully saturated rings. The minimum absolute atomic E-state index is 0.000370. The number of esters is 1. The van der Waals surface area contributed by atoms with Crippen molar-refractivity contribution in [1.29, 1.82) is 0 Å². The maximum atomic E-state index is 11.0. The number of carbonyl (C=O) groups is 1. The van der Waals surface area contributed by atoms with Crippen LogP contribution in [0.25, 0.3) is 0 Å². The first-order chi connectivity index (χ1) is 6.16. The van der Waals surface area contributed by atoms with Crippen LogP contribution in [0, 0.1) is 0 Å². The zero-order valence-corrected chi connectivity index (χ0v) is 7.23. The fourth-order valence-electron chi connectivity index (χ4n) is 1.00. The second kappa shape index (κ2) is 3.91. The van der Waals surface area contributed by atoms with Crippen LogP contribution in [0.1, 0.15) is 11.6 Å². The van der Waals surface area contributed by atoms with E-state index in [9.17, 15) is 9.90 Å². The van der Waals surface area contributed by atoms with E-state index in [-0.39, 0.29) is 5.75 Å². The summed E-state index contributed by atoms with van der Waals surface area (Å²) in [5, 5.41) is 9.34. The quantitative estimate of drug-likeness (QED) is 0.654. The fourth-order valence-corrected chi connectivity index (χ4v) is 1.00. The third kappa shape index (κ3) is 1.97. The third-order valence-electron chi connectivity index (χ3n) is 1.73. The number of benzene rings is 1. The molecule has 0 aliphatic carbocycles. The smallest absolute Gasteiger partial charge is 0.327 e. The van der Waals surface area contributed by atoms with Crippen molar-refractivity contribution in [3.8, 4) is 5.75 Å². The second-order valence-corrected chi connectivity index (χ2v) is 2.56. The molecule has 0 spiro atoms. The number of phenolic OH excluding ortho intramolecular Hbond substituents is 1. The zero-order valence-electron chi connectivity index (χ0n) is 7.23. The van der Waals surface area contributed by atoms with E-state index >= 15 is 0 Å². The number of hydrogen-bond donors (Lipinski definition) is 2. The molecule has 0 heterocycles. The number of phenols is 1. The van der Waals surface area contributed by atoms with Crippen LogP contribution < -0.4 is 5.73 Å². The summed E-state index contributed by atoms with van der Waals surface area (Å²) in [5.41, 5.74) is 5.89. The van der Waals surface area contributed by atoms with E-state index in [1.165, 1.54) is 13.2 Å². The Kier molecular flexibility index (Phi) is 2.87. The minimum atomic E-state index is -0.925. The summed E-state index contributed by atoms with van der Waals surface area (Å²) < 4.78 is 4.45. The molecule has 0 saturated heterocycles. The Morgan fingerprint density at radius 2 is 2.15 bits per heavy atom. The van der Waals surface area contributed by atoms with Gasteiger partial charge in [-0.2, -0.15) is 0 Å². The minimum Gasteiger partial charge on any atom is -0.508 e. The molecule has 0 aromatic heterocycles. The van der Waals surface area contributed by atoms with Gasteiger partial charge in [0.2, 0.25) is 0 Å². The predicted molar refractivity (Wildman–Crippen MR) is 47.1 cm³/mol. The summed E-state index contributed by atoms with van der Waals surface area (Å²) >= 11 is 0. The molecule has 13 heavy (non-hydrogen) atoms. The van der Waals surface area contributed by atoms with Crippen LogP contribution in [0.15, 0.2) is 24.3 Å². The van der Waals surface area contributed by atoms with Crippen molar-refractivity contribution in [1.82, 2.24) is 0 Å². The van der Waals surface area contributed by atoms with Crippen molar-refractivity contribution in [2.24, 2.45) is 5.73 Å². The molecular weight excluding hydrogens is 170 g/mol. The Bertz CT molecular complexity index is 311. The predicted octanol–water partition coefficient (Wildman–Crippen LogP) is 0.565. The number of hydrogen-bond acceptors (Lipinski definition) is 4. The van der Waals surface area contributed by atoms with Gasteiger partial charge < -0.3 is 15.6 Å². The highest BCUT2D eigenvalue weighted by Gasteiger charge is 2.18. The average Bonchev–Trinajstić information content (AvgIpc) is 2.16. The topological polar surface area (TPSA) is 72.5 Å². The van der Waals surface area contributed by atoms with E-state index in [2.05, 4.69) is 4.74 Å². The van der Waals surface area contributed by atoms with Gasteiger partial charge in [-0.05, 0) is 6.07 Å². The lowest BCUT2D eigenvalue weighted by molar-refractivity contribution is -0.142. The summed E-state index contributed by atoms with van der Waals surface area (Å²) in [6.07, 6.45) is 0. The monoisotopic (exact) mass is 181 g/mol. The van der Waals surface area contributed by atoms with Crippen LogP contribution >= 0.6 is 0 Å². The molecule has 0 saturated carbocycles. The van der Waals surface area contributed by atoms with Gasteiger partial charge in [0.25, 0.3) is 0 Å². The number of nitrogens with two attached hydrogens (primary N) is 1. The molecule has 1 rings (SSSR count). The SMILES string of the molecule is COC(=O)[C@@H](N)c1ccccc1O. The highest BCUT2D eigenvalue weighted by atomic mass is 16.5. The first-order valence-electron chi connectivity index (χ1n) is 3.78.